The van der Waals surface area contributed by atoms with Crippen molar-refractivity contribution in [3.05, 3.63) is 63.6 Å². The van der Waals surface area contributed by atoms with Gasteiger partial charge in [-0.3, -0.25) is 4.72 Å². The average molecular weight is 361 g/mol. The normalized spacial score (nSPS) is 11.3. The molecule has 2 aromatic carbocycles. The number of benzene rings is 2. The molecule has 0 aromatic heterocycles. The standard InChI is InChI=1S/C13H11BrClNO2S/c14-11-6-7-12(15)13(8-11)16-19(17,18)9-10-4-2-1-3-5-10/h1-8,16H,9H2. The van der Waals surface area contributed by atoms with Crippen LogP contribution in [0.4, 0.5) is 5.69 Å². The third-order valence-corrected chi connectivity index (χ3v) is 4.46. The summed E-state index contributed by atoms with van der Waals surface area (Å²) in [5.74, 6) is -0.0866. The molecule has 2 aromatic rings. The first-order chi connectivity index (χ1) is 8.96. The van der Waals surface area contributed by atoms with E-state index in [2.05, 4.69) is 20.7 Å². The number of anilines is 1. The van der Waals surface area contributed by atoms with Gasteiger partial charge in [0.05, 0.1) is 16.5 Å². The molecule has 1 N–H and O–H groups in total. The Kier molecular flexibility index (Phi) is 4.50. The molecule has 0 saturated carbocycles. The van der Waals surface area contributed by atoms with Gasteiger partial charge >= 0.3 is 0 Å². The van der Waals surface area contributed by atoms with Crippen molar-refractivity contribution in [3.8, 4) is 0 Å². The van der Waals surface area contributed by atoms with Gasteiger partial charge in [0, 0.05) is 4.47 Å². The molecule has 19 heavy (non-hydrogen) atoms. The fourth-order valence-corrected chi connectivity index (χ4v) is 3.36. The first kappa shape index (κ1) is 14.4. The minimum absolute atomic E-state index is 0.0866. The van der Waals surface area contributed by atoms with Crippen molar-refractivity contribution < 1.29 is 8.42 Å². The Morgan fingerprint density at radius 3 is 2.47 bits per heavy atom. The van der Waals surface area contributed by atoms with Crippen LogP contribution in [0, 0.1) is 0 Å². The summed E-state index contributed by atoms with van der Waals surface area (Å²) in [5, 5.41) is 0.361. The highest BCUT2D eigenvalue weighted by Gasteiger charge is 2.13. The van der Waals surface area contributed by atoms with E-state index in [1.807, 2.05) is 6.07 Å². The Morgan fingerprint density at radius 1 is 1.11 bits per heavy atom. The molecule has 0 aliphatic carbocycles. The Bertz CT molecular complexity index is 674. The van der Waals surface area contributed by atoms with Crippen LogP contribution in [0.15, 0.2) is 53.0 Å². The monoisotopic (exact) mass is 359 g/mol. The Balaban J connectivity index is 2.20. The topological polar surface area (TPSA) is 46.2 Å². The van der Waals surface area contributed by atoms with Gasteiger partial charge in [0.2, 0.25) is 10.0 Å². The number of halogens is 2. The molecular weight excluding hydrogens is 350 g/mol. The zero-order chi connectivity index (χ0) is 13.9. The van der Waals surface area contributed by atoms with Crippen molar-refractivity contribution in [2.75, 3.05) is 4.72 Å². The van der Waals surface area contributed by atoms with E-state index >= 15 is 0 Å². The van der Waals surface area contributed by atoms with Gasteiger partial charge in [-0.05, 0) is 23.8 Å². The second-order valence-electron chi connectivity index (χ2n) is 3.97. The molecule has 0 amide bonds. The second kappa shape index (κ2) is 5.94. The highest BCUT2D eigenvalue weighted by Crippen LogP contribution is 2.27. The fourth-order valence-electron chi connectivity index (χ4n) is 1.57. The molecule has 0 heterocycles. The highest BCUT2D eigenvalue weighted by molar-refractivity contribution is 9.10. The van der Waals surface area contributed by atoms with Crippen LogP contribution in [0.1, 0.15) is 5.56 Å². The van der Waals surface area contributed by atoms with Crippen LogP contribution in [0.5, 0.6) is 0 Å². The molecule has 0 spiro atoms. The zero-order valence-corrected chi connectivity index (χ0v) is 13.0. The van der Waals surface area contributed by atoms with E-state index in [0.717, 1.165) is 10.0 Å². The lowest BCUT2D eigenvalue weighted by molar-refractivity contribution is 0.600. The van der Waals surface area contributed by atoms with Gasteiger partial charge in [-0.1, -0.05) is 57.9 Å². The number of hydrogen-bond donors (Lipinski definition) is 1. The summed E-state index contributed by atoms with van der Waals surface area (Å²) in [6.07, 6.45) is 0. The number of rotatable bonds is 4. The molecule has 0 atom stereocenters. The van der Waals surface area contributed by atoms with Crippen LogP contribution < -0.4 is 4.72 Å². The maximum absolute atomic E-state index is 12.0. The van der Waals surface area contributed by atoms with Gasteiger partial charge in [-0.15, -0.1) is 0 Å². The summed E-state index contributed by atoms with van der Waals surface area (Å²) < 4.78 is 27.3. The van der Waals surface area contributed by atoms with Gasteiger partial charge in [0.1, 0.15) is 0 Å². The van der Waals surface area contributed by atoms with Crippen molar-refractivity contribution in [2.24, 2.45) is 0 Å². The largest absolute Gasteiger partial charge is 0.282 e. The Morgan fingerprint density at radius 2 is 1.79 bits per heavy atom. The van der Waals surface area contributed by atoms with E-state index in [1.54, 1.807) is 42.5 Å². The van der Waals surface area contributed by atoms with Gasteiger partial charge in [0.25, 0.3) is 0 Å². The molecule has 0 radical (unpaired) electrons. The van der Waals surface area contributed by atoms with E-state index in [9.17, 15) is 8.42 Å². The number of nitrogens with one attached hydrogen (secondary N) is 1. The van der Waals surface area contributed by atoms with Crippen LogP contribution in [0.2, 0.25) is 5.02 Å². The molecule has 0 saturated heterocycles. The third-order valence-electron chi connectivity index (χ3n) is 2.39. The highest BCUT2D eigenvalue weighted by atomic mass is 79.9. The van der Waals surface area contributed by atoms with E-state index in [-0.39, 0.29) is 5.75 Å². The molecule has 0 aliphatic heterocycles. The maximum Gasteiger partial charge on any atom is 0.236 e. The summed E-state index contributed by atoms with van der Waals surface area (Å²) in [4.78, 5) is 0. The lowest BCUT2D eigenvalue weighted by Crippen LogP contribution is -2.15. The van der Waals surface area contributed by atoms with Crippen molar-refractivity contribution >= 4 is 43.2 Å². The minimum atomic E-state index is -3.48. The summed E-state index contributed by atoms with van der Waals surface area (Å²) >= 11 is 9.23. The summed E-state index contributed by atoms with van der Waals surface area (Å²) in [6, 6.07) is 14.0. The molecule has 6 heteroatoms. The molecule has 0 unspecified atom stereocenters. The molecular formula is C13H11BrClNO2S. The molecule has 3 nitrogen and oxygen atoms in total. The van der Waals surface area contributed by atoms with E-state index in [0.29, 0.717) is 10.7 Å². The fraction of sp³-hybridized carbons (Fsp3) is 0.0769. The van der Waals surface area contributed by atoms with Crippen LogP contribution in [-0.4, -0.2) is 8.42 Å². The van der Waals surface area contributed by atoms with E-state index in [1.165, 1.54) is 0 Å². The zero-order valence-electron chi connectivity index (χ0n) is 9.81. The quantitative estimate of drug-likeness (QED) is 0.894. The van der Waals surface area contributed by atoms with Gasteiger partial charge in [-0.25, -0.2) is 8.42 Å². The number of sulfonamides is 1. The molecule has 2 rings (SSSR count). The molecule has 0 fully saturated rings. The first-order valence-corrected chi connectivity index (χ1v) is 8.28. The lowest BCUT2D eigenvalue weighted by Gasteiger charge is -2.10. The summed E-state index contributed by atoms with van der Waals surface area (Å²) in [5.41, 5.74) is 1.09. The third kappa shape index (κ3) is 4.23. The molecule has 0 aliphatic rings. The average Bonchev–Trinajstić information content (AvgIpc) is 2.34. The van der Waals surface area contributed by atoms with E-state index < -0.39 is 10.0 Å². The van der Waals surface area contributed by atoms with Crippen molar-refractivity contribution in [1.82, 2.24) is 0 Å². The van der Waals surface area contributed by atoms with Crippen LogP contribution >= 0.6 is 27.5 Å². The smallest absolute Gasteiger partial charge is 0.236 e. The number of hydrogen-bond acceptors (Lipinski definition) is 2. The maximum atomic E-state index is 12.0. The van der Waals surface area contributed by atoms with Gasteiger partial charge in [-0.2, -0.15) is 0 Å². The predicted molar refractivity (Wildman–Crippen MR) is 81.8 cm³/mol. The Labute approximate surface area is 125 Å². The second-order valence-corrected chi connectivity index (χ2v) is 7.02. The van der Waals surface area contributed by atoms with Crippen LogP contribution in [-0.2, 0) is 15.8 Å². The predicted octanol–water partition coefficient (Wildman–Crippen LogP) is 4.04. The van der Waals surface area contributed by atoms with Crippen LogP contribution in [0.3, 0.4) is 0 Å². The van der Waals surface area contributed by atoms with Crippen molar-refractivity contribution in [1.29, 1.82) is 0 Å². The lowest BCUT2D eigenvalue weighted by atomic mass is 10.2. The van der Waals surface area contributed by atoms with Gasteiger partial charge < -0.3 is 0 Å². The first-order valence-electron chi connectivity index (χ1n) is 5.46. The molecule has 0 bridgehead atoms. The Hall–Kier alpha value is -1.04. The van der Waals surface area contributed by atoms with Crippen molar-refractivity contribution in [3.63, 3.8) is 0 Å². The van der Waals surface area contributed by atoms with Crippen molar-refractivity contribution in [2.45, 2.75) is 5.75 Å². The molecule has 100 valence electrons. The van der Waals surface area contributed by atoms with E-state index in [4.69, 9.17) is 11.6 Å². The summed E-state index contributed by atoms with van der Waals surface area (Å²) in [7, 11) is -3.48. The van der Waals surface area contributed by atoms with Crippen LogP contribution in [0.25, 0.3) is 0 Å². The van der Waals surface area contributed by atoms with Gasteiger partial charge in [0.15, 0.2) is 0 Å². The SMILES string of the molecule is O=S(=O)(Cc1ccccc1)Nc1cc(Br)ccc1Cl. The minimum Gasteiger partial charge on any atom is -0.282 e. The summed E-state index contributed by atoms with van der Waals surface area (Å²) in [6.45, 7) is 0.